The first-order valence-electron chi connectivity index (χ1n) is 4.80. The summed E-state index contributed by atoms with van der Waals surface area (Å²) < 4.78 is 0. The van der Waals surface area contributed by atoms with Gasteiger partial charge in [0, 0.05) is 0 Å². The Kier molecular flexibility index (Phi) is 7.15. The Bertz CT molecular complexity index is 223. The first kappa shape index (κ1) is 14.2. The van der Waals surface area contributed by atoms with Gasteiger partial charge in [0.05, 0.1) is 6.04 Å². The molecule has 0 aromatic rings. The Labute approximate surface area is 93.8 Å². The predicted octanol–water partition coefficient (Wildman–Crippen LogP) is 0.0462. The molecule has 2 atom stereocenters. The number of rotatable bonds is 7. The third kappa shape index (κ3) is 5.64. The van der Waals surface area contributed by atoms with Crippen molar-refractivity contribution in [2.24, 2.45) is 5.73 Å². The van der Waals surface area contributed by atoms with Crippen molar-refractivity contribution in [3.63, 3.8) is 0 Å². The van der Waals surface area contributed by atoms with Crippen LogP contribution in [0.25, 0.3) is 0 Å². The highest BCUT2D eigenvalue weighted by Crippen LogP contribution is 2.01. The molecule has 0 radical (unpaired) electrons. The highest BCUT2D eigenvalue weighted by molar-refractivity contribution is 7.98. The van der Waals surface area contributed by atoms with E-state index in [9.17, 15) is 9.59 Å². The molecule has 0 aliphatic carbocycles. The van der Waals surface area contributed by atoms with Crippen LogP contribution in [0.3, 0.4) is 0 Å². The largest absolute Gasteiger partial charge is 0.480 e. The average molecular weight is 234 g/mol. The van der Waals surface area contributed by atoms with E-state index in [0.717, 1.165) is 0 Å². The van der Waals surface area contributed by atoms with Gasteiger partial charge in [0.25, 0.3) is 0 Å². The van der Waals surface area contributed by atoms with Crippen LogP contribution in [-0.4, -0.2) is 41.1 Å². The van der Waals surface area contributed by atoms with Crippen molar-refractivity contribution in [3.8, 4) is 0 Å². The number of carboxylic acid groups (broad SMARTS) is 1. The number of thioether (sulfide) groups is 1. The van der Waals surface area contributed by atoms with Gasteiger partial charge < -0.3 is 16.2 Å². The molecule has 4 N–H and O–H groups in total. The topological polar surface area (TPSA) is 92.4 Å². The summed E-state index contributed by atoms with van der Waals surface area (Å²) in [6, 6.07) is -1.45. The van der Waals surface area contributed by atoms with E-state index in [1.54, 1.807) is 18.7 Å². The molecule has 0 aromatic carbocycles. The van der Waals surface area contributed by atoms with E-state index < -0.39 is 24.0 Å². The van der Waals surface area contributed by atoms with Crippen LogP contribution in [0.2, 0.25) is 0 Å². The number of nitrogens with two attached hydrogens (primary N) is 1. The van der Waals surface area contributed by atoms with Crippen LogP contribution in [0.5, 0.6) is 0 Å². The Morgan fingerprint density at radius 3 is 2.53 bits per heavy atom. The molecular formula is C9H18N2O3S. The van der Waals surface area contributed by atoms with E-state index in [4.69, 9.17) is 10.8 Å². The summed E-state index contributed by atoms with van der Waals surface area (Å²) >= 11 is 1.54. The van der Waals surface area contributed by atoms with Gasteiger partial charge in [-0.05, 0) is 24.9 Å². The van der Waals surface area contributed by atoms with Crippen LogP contribution in [-0.2, 0) is 9.59 Å². The van der Waals surface area contributed by atoms with Crippen molar-refractivity contribution in [2.45, 2.75) is 31.8 Å². The number of hydrogen-bond donors (Lipinski definition) is 3. The lowest BCUT2D eigenvalue weighted by atomic mass is 10.2. The van der Waals surface area contributed by atoms with Crippen LogP contribution in [0.1, 0.15) is 19.8 Å². The lowest BCUT2D eigenvalue weighted by molar-refractivity contribution is -0.142. The van der Waals surface area contributed by atoms with E-state index >= 15 is 0 Å². The highest BCUT2D eigenvalue weighted by Gasteiger charge is 2.21. The molecule has 2 unspecified atom stereocenters. The second-order valence-corrected chi connectivity index (χ2v) is 4.18. The van der Waals surface area contributed by atoms with E-state index in [0.29, 0.717) is 18.6 Å². The summed E-state index contributed by atoms with van der Waals surface area (Å²) in [6.45, 7) is 1.78. The van der Waals surface area contributed by atoms with Crippen molar-refractivity contribution < 1.29 is 14.7 Å². The second-order valence-electron chi connectivity index (χ2n) is 3.20. The van der Waals surface area contributed by atoms with Crippen LogP contribution < -0.4 is 11.1 Å². The molecule has 6 heteroatoms. The number of amides is 1. The third-order valence-corrected chi connectivity index (χ3v) is 2.65. The zero-order chi connectivity index (χ0) is 11.8. The average Bonchev–Trinajstić information content (AvgIpc) is 2.22. The Hall–Kier alpha value is -0.750. The molecule has 1 amide bonds. The van der Waals surface area contributed by atoms with Crippen molar-refractivity contribution in [3.05, 3.63) is 0 Å². The lowest BCUT2D eigenvalue weighted by Crippen LogP contribution is -2.48. The number of nitrogens with one attached hydrogen (secondary N) is 1. The molecule has 0 aliphatic heterocycles. The van der Waals surface area contributed by atoms with Crippen molar-refractivity contribution in [1.29, 1.82) is 0 Å². The number of hydrogen-bond acceptors (Lipinski definition) is 4. The summed E-state index contributed by atoms with van der Waals surface area (Å²) in [4.78, 5) is 22.1. The van der Waals surface area contributed by atoms with Gasteiger partial charge in [-0.25, -0.2) is 4.79 Å². The summed E-state index contributed by atoms with van der Waals surface area (Å²) in [5.41, 5.74) is 5.48. The quantitative estimate of drug-likeness (QED) is 0.578. The van der Waals surface area contributed by atoms with Gasteiger partial charge in [0.1, 0.15) is 6.04 Å². The maximum atomic E-state index is 11.3. The molecule has 0 aromatic heterocycles. The fraction of sp³-hybridized carbons (Fsp3) is 0.778. The molecule has 15 heavy (non-hydrogen) atoms. The van der Waals surface area contributed by atoms with Crippen molar-refractivity contribution in [1.82, 2.24) is 5.32 Å². The molecule has 88 valence electrons. The Morgan fingerprint density at radius 1 is 1.53 bits per heavy atom. The van der Waals surface area contributed by atoms with Gasteiger partial charge in [0.15, 0.2) is 0 Å². The molecule has 0 bridgehead atoms. The van der Waals surface area contributed by atoms with Crippen LogP contribution in [0.15, 0.2) is 0 Å². The van der Waals surface area contributed by atoms with Gasteiger partial charge in [-0.1, -0.05) is 6.92 Å². The fourth-order valence-electron chi connectivity index (χ4n) is 0.957. The summed E-state index contributed by atoms with van der Waals surface area (Å²) in [6.07, 6.45) is 2.80. The SMILES string of the molecule is CCC(N)C(=O)NC(CCSC)C(=O)O. The fourth-order valence-corrected chi connectivity index (χ4v) is 1.43. The summed E-state index contributed by atoms with van der Waals surface area (Å²) in [5, 5.41) is 11.3. The van der Waals surface area contributed by atoms with E-state index in [2.05, 4.69) is 5.32 Å². The second kappa shape index (κ2) is 7.53. The number of aliphatic carboxylic acids is 1. The molecule has 0 saturated heterocycles. The molecule has 0 fully saturated rings. The number of carbonyl (C=O) groups excluding carboxylic acids is 1. The van der Waals surface area contributed by atoms with Gasteiger partial charge >= 0.3 is 5.97 Å². The zero-order valence-electron chi connectivity index (χ0n) is 9.03. The minimum atomic E-state index is -1.01. The smallest absolute Gasteiger partial charge is 0.326 e. The first-order valence-corrected chi connectivity index (χ1v) is 6.20. The van der Waals surface area contributed by atoms with Gasteiger partial charge in [-0.3, -0.25) is 4.79 Å². The third-order valence-electron chi connectivity index (χ3n) is 2.00. The summed E-state index contributed by atoms with van der Waals surface area (Å²) in [5.74, 6) is -0.717. The lowest BCUT2D eigenvalue weighted by Gasteiger charge is -2.16. The van der Waals surface area contributed by atoms with Crippen LogP contribution in [0.4, 0.5) is 0 Å². The van der Waals surface area contributed by atoms with Gasteiger partial charge in [-0.15, -0.1) is 0 Å². The van der Waals surface area contributed by atoms with Crippen LogP contribution >= 0.6 is 11.8 Å². The molecule has 0 rings (SSSR count). The standard InChI is InChI=1S/C9H18N2O3S/c1-3-6(10)8(12)11-7(9(13)14)4-5-15-2/h6-7H,3-5,10H2,1-2H3,(H,11,12)(H,13,14). The molecule has 0 spiro atoms. The Morgan fingerprint density at radius 2 is 2.13 bits per heavy atom. The monoisotopic (exact) mass is 234 g/mol. The van der Waals surface area contributed by atoms with E-state index in [1.807, 2.05) is 6.26 Å². The van der Waals surface area contributed by atoms with Crippen molar-refractivity contribution >= 4 is 23.6 Å². The first-order chi connectivity index (χ1) is 7.02. The Balaban J connectivity index is 4.16. The van der Waals surface area contributed by atoms with E-state index in [-0.39, 0.29) is 0 Å². The van der Waals surface area contributed by atoms with Crippen LogP contribution in [0, 0.1) is 0 Å². The van der Waals surface area contributed by atoms with E-state index in [1.165, 1.54) is 0 Å². The maximum absolute atomic E-state index is 11.3. The zero-order valence-corrected chi connectivity index (χ0v) is 9.84. The minimum Gasteiger partial charge on any atom is -0.480 e. The molecular weight excluding hydrogens is 216 g/mol. The maximum Gasteiger partial charge on any atom is 0.326 e. The molecule has 0 heterocycles. The summed E-state index contributed by atoms with van der Waals surface area (Å²) in [7, 11) is 0. The number of carboxylic acids is 1. The van der Waals surface area contributed by atoms with Gasteiger partial charge in [0.2, 0.25) is 5.91 Å². The minimum absolute atomic E-state index is 0.397. The molecule has 5 nitrogen and oxygen atoms in total. The highest BCUT2D eigenvalue weighted by atomic mass is 32.2. The van der Waals surface area contributed by atoms with Gasteiger partial charge in [-0.2, -0.15) is 11.8 Å². The number of carbonyl (C=O) groups is 2. The molecule has 0 aliphatic rings. The van der Waals surface area contributed by atoms with Crippen molar-refractivity contribution in [2.75, 3.05) is 12.0 Å². The predicted molar refractivity (Wildman–Crippen MR) is 60.8 cm³/mol. The normalized spacial score (nSPS) is 14.3. The molecule has 0 saturated carbocycles.